The van der Waals surface area contributed by atoms with Crippen molar-refractivity contribution >= 4 is 15.7 Å². The Morgan fingerprint density at radius 2 is 1.92 bits per heavy atom. The summed E-state index contributed by atoms with van der Waals surface area (Å²) >= 11 is 0. The van der Waals surface area contributed by atoms with E-state index >= 15 is 0 Å². The first-order chi connectivity index (χ1) is 5.82. The van der Waals surface area contributed by atoms with Gasteiger partial charge in [0.25, 0.3) is 0 Å². The van der Waals surface area contributed by atoms with E-state index in [1.165, 1.54) is 0 Å². The van der Waals surface area contributed by atoms with Crippen LogP contribution in [0.5, 0.6) is 0 Å². The number of halogens is 1. The molecule has 0 saturated carbocycles. The van der Waals surface area contributed by atoms with Gasteiger partial charge in [0, 0.05) is 5.69 Å². The molecule has 0 fully saturated rings. The monoisotopic (exact) mass is 204 g/mol. The van der Waals surface area contributed by atoms with Gasteiger partial charge in [-0.15, -0.1) is 0 Å². The standard InChI is InChI=1S/C7H9FN2O2S/c1-4-2-7(13(10,11)12)5(8)3-6(4)9/h2-3H,9H2,1H3,(H2,10,11,12). The fraction of sp³-hybridized carbons (Fsp3) is 0.143. The number of sulfonamides is 1. The molecule has 0 spiro atoms. The van der Waals surface area contributed by atoms with Crippen LogP contribution in [0.25, 0.3) is 0 Å². The van der Waals surface area contributed by atoms with Gasteiger partial charge in [0.15, 0.2) is 0 Å². The van der Waals surface area contributed by atoms with Crippen LogP contribution in [-0.2, 0) is 10.0 Å². The van der Waals surface area contributed by atoms with E-state index in [1.807, 2.05) is 0 Å². The van der Waals surface area contributed by atoms with Crippen LogP contribution < -0.4 is 10.9 Å². The number of hydrogen-bond acceptors (Lipinski definition) is 3. The molecule has 1 aromatic rings. The molecule has 4 nitrogen and oxygen atoms in total. The number of hydrogen-bond donors (Lipinski definition) is 2. The van der Waals surface area contributed by atoms with Crippen molar-refractivity contribution in [2.75, 3.05) is 5.73 Å². The van der Waals surface area contributed by atoms with E-state index in [4.69, 9.17) is 10.9 Å². The van der Waals surface area contributed by atoms with Crippen molar-refractivity contribution in [2.24, 2.45) is 5.14 Å². The van der Waals surface area contributed by atoms with Gasteiger partial charge in [-0.1, -0.05) is 0 Å². The zero-order valence-corrected chi connectivity index (χ0v) is 7.73. The number of nitrogens with two attached hydrogens (primary N) is 2. The van der Waals surface area contributed by atoms with Crippen molar-refractivity contribution in [1.82, 2.24) is 0 Å². The zero-order chi connectivity index (χ0) is 10.2. The predicted octanol–water partition coefficient (Wildman–Crippen LogP) is 0.364. The van der Waals surface area contributed by atoms with E-state index in [2.05, 4.69) is 0 Å². The molecule has 0 heterocycles. The lowest BCUT2D eigenvalue weighted by Gasteiger charge is -2.04. The second kappa shape index (κ2) is 2.97. The fourth-order valence-electron chi connectivity index (χ4n) is 0.888. The molecule has 0 unspecified atom stereocenters. The van der Waals surface area contributed by atoms with Gasteiger partial charge in [0.2, 0.25) is 10.0 Å². The summed E-state index contributed by atoms with van der Waals surface area (Å²) in [6, 6.07) is 2.05. The Hall–Kier alpha value is -1.14. The molecule has 0 radical (unpaired) electrons. The molecule has 0 aliphatic rings. The lowest BCUT2D eigenvalue weighted by atomic mass is 10.2. The van der Waals surface area contributed by atoms with Crippen LogP contribution in [0.2, 0.25) is 0 Å². The second-order valence-electron chi connectivity index (χ2n) is 2.68. The molecule has 0 aliphatic heterocycles. The van der Waals surface area contributed by atoms with Crippen LogP contribution in [-0.4, -0.2) is 8.42 Å². The molecular weight excluding hydrogens is 195 g/mol. The molecule has 0 saturated heterocycles. The van der Waals surface area contributed by atoms with Crippen molar-refractivity contribution in [3.63, 3.8) is 0 Å². The molecule has 13 heavy (non-hydrogen) atoms. The van der Waals surface area contributed by atoms with Gasteiger partial charge in [-0.05, 0) is 24.6 Å². The lowest BCUT2D eigenvalue weighted by molar-refractivity contribution is 0.568. The molecule has 0 atom stereocenters. The van der Waals surface area contributed by atoms with Crippen LogP contribution in [0.1, 0.15) is 5.56 Å². The van der Waals surface area contributed by atoms with Crippen molar-refractivity contribution in [3.8, 4) is 0 Å². The highest BCUT2D eigenvalue weighted by Gasteiger charge is 2.15. The summed E-state index contributed by atoms with van der Waals surface area (Å²) in [4.78, 5) is -0.529. The van der Waals surface area contributed by atoms with Crippen LogP contribution >= 0.6 is 0 Å². The Kier molecular flexibility index (Phi) is 2.27. The molecular formula is C7H9FN2O2S. The Morgan fingerprint density at radius 3 is 2.38 bits per heavy atom. The summed E-state index contributed by atoms with van der Waals surface area (Å²) in [7, 11) is -4.00. The van der Waals surface area contributed by atoms with Gasteiger partial charge in [-0.2, -0.15) is 0 Å². The summed E-state index contributed by atoms with van der Waals surface area (Å²) < 4.78 is 34.6. The third kappa shape index (κ3) is 1.96. The van der Waals surface area contributed by atoms with Gasteiger partial charge >= 0.3 is 0 Å². The highest BCUT2D eigenvalue weighted by Crippen LogP contribution is 2.19. The molecule has 1 rings (SSSR count). The largest absolute Gasteiger partial charge is 0.398 e. The number of anilines is 1. The normalized spacial score (nSPS) is 11.6. The third-order valence-corrected chi connectivity index (χ3v) is 2.55. The van der Waals surface area contributed by atoms with E-state index in [-0.39, 0.29) is 5.69 Å². The van der Waals surface area contributed by atoms with Crippen molar-refractivity contribution in [1.29, 1.82) is 0 Å². The maximum atomic E-state index is 13.0. The molecule has 4 N–H and O–H groups in total. The van der Waals surface area contributed by atoms with Gasteiger partial charge in [0.1, 0.15) is 10.7 Å². The van der Waals surface area contributed by atoms with Crippen molar-refractivity contribution in [2.45, 2.75) is 11.8 Å². The smallest absolute Gasteiger partial charge is 0.240 e. The van der Waals surface area contributed by atoms with Gasteiger partial charge < -0.3 is 5.73 Å². The first-order valence-electron chi connectivity index (χ1n) is 3.41. The van der Waals surface area contributed by atoms with Crippen molar-refractivity contribution in [3.05, 3.63) is 23.5 Å². The van der Waals surface area contributed by atoms with Gasteiger partial charge in [0.05, 0.1) is 0 Å². The average molecular weight is 204 g/mol. The van der Waals surface area contributed by atoms with E-state index in [1.54, 1.807) is 6.92 Å². The summed E-state index contributed by atoms with van der Waals surface area (Å²) in [6.45, 7) is 1.57. The zero-order valence-electron chi connectivity index (χ0n) is 6.91. The summed E-state index contributed by atoms with van der Waals surface area (Å²) in [6.07, 6.45) is 0. The summed E-state index contributed by atoms with van der Waals surface area (Å²) in [5.41, 5.74) is 6.03. The Bertz CT molecular complexity index is 442. The third-order valence-electron chi connectivity index (χ3n) is 1.63. The Labute approximate surface area is 75.4 Å². The lowest BCUT2D eigenvalue weighted by Crippen LogP contribution is -2.14. The van der Waals surface area contributed by atoms with E-state index < -0.39 is 20.7 Å². The van der Waals surface area contributed by atoms with Gasteiger partial charge in [-0.3, -0.25) is 0 Å². The van der Waals surface area contributed by atoms with Crippen LogP contribution in [0.15, 0.2) is 17.0 Å². The number of primary sulfonamides is 1. The summed E-state index contributed by atoms with van der Waals surface area (Å²) in [5.74, 6) is -0.925. The minimum absolute atomic E-state index is 0.199. The molecule has 0 aliphatic carbocycles. The minimum atomic E-state index is -4.00. The first kappa shape index (κ1) is 9.94. The maximum Gasteiger partial charge on any atom is 0.240 e. The minimum Gasteiger partial charge on any atom is -0.398 e. The van der Waals surface area contributed by atoms with Gasteiger partial charge in [-0.25, -0.2) is 17.9 Å². The van der Waals surface area contributed by atoms with Crippen LogP contribution in [0, 0.1) is 12.7 Å². The number of rotatable bonds is 1. The number of benzene rings is 1. The molecule has 72 valence electrons. The molecule has 0 aromatic heterocycles. The van der Waals surface area contributed by atoms with E-state index in [0.29, 0.717) is 5.56 Å². The molecule has 0 amide bonds. The van der Waals surface area contributed by atoms with E-state index in [9.17, 15) is 12.8 Å². The highest BCUT2D eigenvalue weighted by atomic mass is 32.2. The summed E-state index contributed by atoms with van der Waals surface area (Å²) in [5, 5.41) is 4.77. The van der Waals surface area contributed by atoms with Crippen LogP contribution in [0.3, 0.4) is 0 Å². The fourth-order valence-corrected chi connectivity index (χ4v) is 1.56. The first-order valence-corrected chi connectivity index (χ1v) is 4.95. The predicted molar refractivity (Wildman–Crippen MR) is 46.9 cm³/mol. The van der Waals surface area contributed by atoms with Crippen molar-refractivity contribution < 1.29 is 12.8 Å². The topological polar surface area (TPSA) is 86.2 Å². The SMILES string of the molecule is Cc1cc(S(N)(=O)=O)c(F)cc1N. The van der Waals surface area contributed by atoms with Crippen LogP contribution in [0.4, 0.5) is 10.1 Å². The van der Waals surface area contributed by atoms with E-state index in [0.717, 1.165) is 12.1 Å². The molecule has 1 aromatic carbocycles. The highest BCUT2D eigenvalue weighted by molar-refractivity contribution is 7.89. The Balaban J connectivity index is 3.50. The molecule has 6 heteroatoms. The Morgan fingerprint density at radius 1 is 1.38 bits per heavy atom. The number of nitrogen functional groups attached to an aromatic ring is 1. The maximum absolute atomic E-state index is 13.0. The quantitative estimate of drug-likeness (QED) is 0.648. The molecule has 0 bridgehead atoms. The average Bonchev–Trinajstić information content (AvgIpc) is 1.94. The second-order valence-corrected chi connectivity index (χ2v) is 4.21. The number of aryl methyl sites for hydroxylation is 1.